The summed E-state index contributed by atoms with van der Waals surface area (Å²) in [7, 11) is -0.781. The van der Waals surface area contributed by atoms with Gasteiger partial charge in [0.15, 0.2) is 6.61 Å². The number of carbonyl (C=O) groups is 2. The molecule has 0 fully saturated rings. The summed E-state index contributed by atoms with van der Waals surface area (Å²) in [4.78, 5) is 28.5. The smallest absolute Gasteiger partial charge is 0.338 e. The van der Waals surface area contributed by atoms with E-state index in [4.69, 9.17) is 4.74 Å². The minimum Gasteiger partial charge on any atom is -0.452 e. The summed E-state index contributed by atoms with van der Waals surface area (Å²) in [6, 6.07) is 9.51. The molecular formula is C19H19N3O5S2. The predicted octanol–water partition coefficient (Wildman–Crippen LogP) is 2.65. The van der Waals surface area contributed by atoms with Crippen LogP contribution in [0, 0.1) is 6.92 Å². The number of nitrogens with zero attached hydrogens (tertiary/aromatic N) is 2. The molecule has 1 amide bonds. The van der Waals surface area contributed by atoms with Gasteiger partial charge in [0.1, 0.15) is 0 Å². The first kappa shape index (κ1) is 20.9. The summed E-state index contributed by atoms with van der Waals surface area (Å²) < 4.78 is 31.8. The van der Waals surface area contributed by atoms with Gasteiger partial charge in [0, 0.05) is 19.8 Å². The Morgan fingerprint density at radius 3 is 2.66 bits per heavy atom. The zero-order valence-corrected chi connectivity index (χ0v) is 17.6. The first-order valence-electron chi connectivity index (χ1n) is 8.52. The fourth-order valence-corrected chi connectivity index (χ4v) is 4.41. The Kier molecular flexibility index (Phi) is 5.96. The highest BCUT2D eigenvalue weighted by Crippen LogP contribution is 2.22. The second kappa shape index (κ2) is 8.27. The number of thiazole rings is 1. The molecule has 1 heterocycles. The van der Waals surface area contributed by atoms with E-state index < -0.39 is 28.5 Å². The normalized spacial score (nSPS) is 11.6. The zero-order chi connectivity index (χ0) is 21.2. The number of aromatic nitrogens is 1. The number of hydrogen-bond donors (Lipinski definition) is 1. The van der Waals surface area contributed by atoms with E-state index in [1.165, 1.54) is 31.5 Å². The van der Waals surface area contributed by atoms with Crippen molar-refractivity contribution in [3.8, 4) is 0 Å². The third-order valence-corrected chi connectivity index (χ3v) is 6.88. The van der Waals surface area contributed by atoms with Crippen molar-refractivity contribution in [2.75, 3.05) is 26.0 Å². The molecular weight excluding hydrogens is 414 g/mol. The second-order valence-electron chi connectivity index (χ2n) is 6.43. The average Bonchev–Trinajstić information content (AvgIpc) is 3.15. The summed E-state index contributed by atoms with van der Waals surface area (Å²) >= 11 is 1.40. The van der Waals surface area contributed by atoms with Crippen molar-refractivity contribution >= 4 is 49.1 Å². The third kappa shape index (κ3) is 4.61. The molecule has 0 spiro atoms. The summed E-state index contributed by atoms with van der Waals surface area (Å²) in [5.74, 6) is -1.20. The van der Waals surface area contributed by atoms with E-state index in [1.807, 2.05) is 0 Å². The van der Waals surface area contributed by atoms with Gasteiger partial charge in [-0.2, -0.15) is 0 Å². The lowest BCUT2D eigenvalue weighted by Gasteiger charge is -2.15. The Morgan fingerprint density at radius 1 is 1.17 bits per heavy atom. The molecule has 0 saturated carbocycles. The molecule has 0 bridgehead atoms. The largest absolute Gasteiger partial charge is 0.452 e. The zero-order valence-electron chi connectivity index (χ0n) is 16.0. The van der Waals surface area contributed by atoms with Crippen molar-refractivity contribution in [2.24, 2.45) is 0 Å². The van der Waals surface area contributed by atoms with Crippen LogP contribution in [0.5, 0.6) is 0 Å². The van der Waals surface area contributed by atoms with E-state index in [0.717, 1.165) is 14.5 Å². The van der Waals surface area contributed by atoms with Crippen molar-refractivity contribution in [3.63, 3.8) is 0 Å². The number of aryl methyl sites for hydroxylation is 1. The second-order valence-corrected chi connectivity index (χ2v) is 9.43. The number of rotatable bonds is 6. The van der Waals surface area contributed by atoms with E-state index in [2.05, 4.69) is 10.3 Å². The SMILES string of the molecule is Cc1ccc(NC(=O)COC(=O)c2ccc3ncsc3c2)cc1S(=O)(=O)N(C)C. The molecule has 3 aromatic rings. The fourth-order valence-electron chi connectivity index (χ4n) is 2.55. The Bertz CT molecular complexity index is 1190. The van der Waals surface area contributed by atoms with Crippen LogP contribution in [0.25, 0.3) is 10.2 Å². The minimum absolute atomic E-state index is 0.0927. The number of esters is 1. The van der Waals surface area contributed by atoms with Gasteiger partial charge in [-0.1, -0.05) is 6.07 Å². The van der Waals surface area contributed by atoms with Gasteiger partial charge >= 0.3 is 5.97 Å². The number of ether oxygens (including phenoxy) is 1. The van der Waals surface area contributed by atoms with Gasteiger partial charge < -0.3 is 10.1 Å². The van der Waals surface area contributed by atoms with Crippen LogP contribution in [-0.2, 0) is 19.6 Å². The molecule has 1 aromatic heterocycles. The number of benzene rings is 2. The molecule has 10 heteroatoms. The van der Waals surface area contributed by atoms with Crippen LogP contribution in [0.3, 0.4) is 0 Å². The molecule has 29 heavy (non-hydrogen) atoms. The lowest BCUT2D eigenvalue weighted by Crippen LogP contribution is -2.24. The molecule has 8 nitrogen and oxygen atoms in total. The van der Waals surface area contributed by atoms with Crippen molar-refractivity contribution in [2.45, 2.75) is 11.8 Å². The molecule has 0 aliphatic carbocycles. The molecule has 0 saturated heterocycles. The lowest BCUT2D eigenvalue weighted by atomic mass is 10.2. The molecule has 1 N–H and O–H groups in total. The molecule has 2 aromatic carbocycles. The number of nitrogens with one attached hydrogen (secondary N) is 1. The Hall–Kier alpha value is -2.82. The number of anilines is 1. The van der Waals surface area contributed by atoms with Gasteiger partial charge in [0.05, 0.1) is 26.2 Å². The fraction of sp³-hybridized carbons (Fsp3) is 0.211. The van der Waals surface area contributed by atoms with Crippen molar-refractivity contribution in [3.05, 3.63) is 53.0 Å². The maximum Gasteiger partial charge on any atom is 0.338 e. The molecule has 0 radical (unpaired) electrons. The van der Waals surface area contributed by atoms with E-state index in [0.29, 0.717) is 16.8 Å². The maximum atomic E-state index is 12.4. The molecule has 0 atom stereocenters. The van der Waals surface area contributed by atoms with E-state index in [-0.39, 0.29) is 4.90 Å². The Morgan fingerprint density at radius 2 is 1.93 bits per heavy atom. The first-order valence-corrected chi connectivity index (χ1v) is 10.8. The summed E-state index contributed by atoms with van der Waals surface area (Å²) in [6.07, 6.45) is 0. The summed E-state index contributed by atoms with van der Waals surface area (Å²) in [6.45, 7) is 1.17. The maximum absolute atomic E-state index is 12.4. The molecule has 0 unspecified atom stereocenters. The highest BCUT2D eigenvalue weighted by molar-refractivity contribution is 7.89. The molecule has 3 rings (SSSR count). The molecule has 0 aliphatic rings. The van der Waals surface area contributed by atoms with Gasteiger partial charge in [-0.05, 0) is 42.8 Å². The van der Waals surface area contributed by atoms with E-state index >= 15 is 0 Å². The number of carbonyl (C=O) groups excluding carboxylic acids is 2. The number of hydrogen-bond acceptors (Lipinski definition) is 7. The lowest BCUT2D eigenvalue weighted by molar-refractivity contribution is -0.119. The quantitative estimate of drug-likeness (QED) is 0.599. The van der Waals surface area contributed by atoms with Gasteiger partial charge in [0.2, 0.25) is 10.0 Å². The van der Waals surface area contributed by atoms with Crippen LogP contribution in [0.1, 0.15) is 15.9 Å². The number of amides is 1. The van der Waals surface area contributed by atoms with Gasteiger partial charge in [-0.25, -0.2) is 22.5 Å². The Balaban J connectivity index is 1.65. The standard InChI is InChI=1S/C19H19N3O5S2/c1-12-4-6-14(9-17(12)29(25,26)22(2)3)21-18(23)10-27-19(24)13-5-7-15-16(8-13)28-11-20-15/h4-9,11H,10H2,1-3H3,(H,21,23). The molecule has 152 valence electrons. The van der Waals surface area contributed by atoms with Crippen LogP contribution in [-0.4, -0.2) is 50.3 Å². The van der Waals surface area contributed by atoms with Crippen LogP contribution < -0.4 is 5.32 Å². The average molecular weight is 434 g/mol. The summed E-state index contributed by atoms with van der Waals surface area (Å²) in [5, 5.41) is 2.55. The molecule has 0 aliphatic heterocycles. The summed E-state index contributed by atoms with van der Waals surface area (Å²) in [5.41, 5.74) is 3.64. The Labute approximate surface area is 172 Å². The van der Waals surface area contributed by atoms with Crippen LogP contribution in [0.4, 0.5) is 5.69 Å². The van der Waals surface area contributed by atoms with Crippen molar-refractivity contribution < 1.29 is 22.7 Å². The van der Waals surface area contributed by atoms with E-state index in [1.54, 1.807) is 42.8 Å². The van der Waals surface area contributed by atoms with Crippen LogP contribution in [0.15, 0.2) is 46.8 Å². The van der Waals surface area contributed by atoms with Crippen molar-refractivity contribution in [1.82, 2.24) is 9.29 Å². The number of sulfonamides is 1. The van der Waals surface area contributed by atoms with Crippen molar-refractivity contribution in [1.29, 1.82) is 0 Å². The van der Waals surface area contributed by atoms with Gasteiger partial charge in [-0.15, -0.1) is 11.3 Å². The van der Waals surface area contributed by atoms with Gasteiger partial charge in [-0.3, -0.25) is 4.79 Å². The van der Waals surface area contributed by atoms with Gasteiger partial charge in [0.25, 0.3) is 5.91 Å². The predicted molar refractivity (Wildman–Crippen MR) is 111 cm³/mol. The topological polar surface area (TPSA) is 106 Å². The minimum atomic E-state index is -3.65. The van der Waals surface area contributed by atoms with E-state index in [9.17, 15) is 18.0 Å². The van der Waals surface area contributed by atoms with Crippen LogP contribution >= 0.6 is 11.3 Å². The first-order chi connectivity index (χ1) is 13.7. The third-order valence-electron chi connectivity index (χ3n) is 4.13. The van der Waals surface area contributed by atoms with Crippen LogP contribution in [0.2, 0.25) is 0 Å². The highest BCUT2D eigenvalue weighted by Gasteiger charge is 2.20. The monoisotopic (exact) mass is 433 g/mol. The number of fused-ring (bicyclic) bond motifs is 1. The highest BCUT2D eigenvalue weighted by atomic mass is 32.2.